The first-order chi connectivity index (χ1) is 6.24. The first-order valence-electron chi connectivity index (χ1n) is 4.52. The van der Waals surface area contributed by atoms with Gasteiger partial charge in [0.2, 0.25) is 0 Å². The molecule has 2 nitrogen and oxygen atoms in total. The molecule has 0 aliphatic carbocycles. The summed E-state index contributed by atoms with van der Waals surface area (Å²) in [5.41, 5.74) is -1.04. The molecule has 0 radical (unpaired) electrons. The Morgan fingerprint density at radius 3 is 1.54 bits per heavy atom. The predicted octanol–water partition coefficient (Wildman–Crippen LogP) is 2.30. The van der Waals surface area contributed by atoms with E-state index in [0.29, 0.717) is 12.6 Å². The highest BCUT2D eigenvalue weighted by molar-refractivity contribution is 5.89. The topological polar surface area (TPSA) is 34.1 Å². The van der Waals surface area contributed by atoms with Gasteiger partial charge in [0.05, 0.1) is 0 Å². The number of hydrogen-bond donors (Lipinski definition) is 0. The zero-order valence-electron chi connectivity index (χ0n) is 8.19. The molecule has 0 aliphatic heterocycles. The van der Waals surface area contributed by atoms with Crippen LogP contribution in [0.1, 0.15) is 26.7 Å². The van der Waals surface area contributed by atoms with Crippen LogP contribution in [-0.4, -0.2) is 12.6 Å². The van der Waals surface area contributed by atoms with Gasteiger partial charge in [0, 0.05) is 0 Å². The third-order valence-corrected chi connectivity index (χ3v) is 1.69. The number of rotatable bonds is 6. The van der Waals surface area contributed by atoms with Crippen LogP contribution >= 0.6 is 0 Å². The Morgan fingerprint density at radius 1 is 0.923 bits per heavy atom. The zero-order chi connectivity index (χ0) is 10.2. The van der Waals surface area contributed by atoms with Gasteiger partial charge in [-0.2, -0.15) is 0 Å². The minimum Gasteiger partial charge on any atom is -0.302 e. The molecule has 0 saturated carbocycles. The van der Waals surface area contributed by atoms with Gasteiger partial charge in [-0.25, -0.2) is 0 Å². The summed E-state index contributed by atoms with van der Waals surface area (Å²) in [6, 6.07) is 0. The average Bonchev–Trinajstić information content (AvgIpc) is 2.20. The lowest BCUT2D eigenvalue weighted by atomic mass is 9.90. The van der Waals surface area contributed by atoms with Crippen LogP contribution in [0, 0.1) is 5.41 Å². The Bertz CT molecular complexity index is 190. The molecule has 0 fully saturated rings. The molecule has 0 N–H and O–H groups in total. The molecule has 0 aromatic carbocycles. The molecule has 0 aromatic rings. The third-order valence-electron chi connectivity index (χ3n) is 1.69. The minimum absolute atomic E-state index is 0.665. The number of allylic oxidation sites excluding steroid dienone is 4. The normalized spacial score (nSPS) is 12.5. The maximum absolute atomic E-state index is 10.7. The standard InChI is InChI=1S/C11H16O2/c1-3-5-7-11(9-12,10-13)8-6-4-2/h5-10H,3-4H2,1-2H3. The van der Waals surface area contributed by atoms with Gasteiger partial charge in [-0.15, -0.1) is 0 Å². The number of carbonyl (C=O) groups excluding carboxylic acids is 2. The van der Waals surface area contributed by atoms with Crippen molar-refractivity contribution < 1.29 is 9.59 Å². The summed E-state index contributed by atoms with van der Waals surface area (Å²) in [6.45, 7) is 3.92. The molecule has 0 heterocycles. The number of carbonyl (C=O) groups is 2. The second-order valence-corrected chi connectivity index (χ2v) is 2.86. The predicted molar refractivity (Wildman–Crippen MR) is 53.4 cm³/mol. The van der Waals surface area contributed by atoms with E-state index in [-0.39, 0.29) is 0 Å². The second kappa shape index (κ2) is 6.35. The molecule has 0 aliphatic rings. The van der Waals surface area contributed by atoms with Crippen LogP contribution in [0.2, 0.25) is 0 Å². The molecule has 0 amide bonds. The van der Waals surface area contributed by atoms with Crippen LogP contribution in [0.5, 0.6) is 0 Å². The first-order valence-corrected chi connectivity index (χ1v) is 4.52. The summed E-state index contributed by atoms with van der Waals surface area (Å²) in [5, 5.41) is 0. The fourth-order valence-electron chi connectivity index (χ4n) is 0.884. The highest BCUT2D eigenvalue weighted by Gasteiger charge is 2.21. The van der Waals surface area contributed by atoms with Crippen molar-refractivity contribution in [2.75, 3.05) is 0 Å². The van der Waals surface area contributed by atoms with Crippen LogP contribution in [0.25, 0.3) is 0 Å². The van der Waals surface area contributed by atoms with Crippen molar-refractivity contribution in [3.05, 3.63) is 24.3 Å². The highest BCUT2D eigenvalue weighted by Crippen LogP contribution is 2.15. The Hall–Kier alpha value is -1.18. The first kappa shape index (κ1) is 11.8. The molecule has 0 atom stereocenters. The van der Waals surface area contributed by atoms with Gasteiger partial charge < -0.3 is 9.59 Å². The van der Waals surface area contributed by atoms with Gasteiger partial charge in [0.1, 0.15) is 18.0 Å². The van der Waals surface area contributed by atoms with Crippen molar-refractivity contribution in [2.24, 2.45) is 5.41 Å². The van der Waals surface area contributed by atoms with E-state index < -0.39 is 5.41 Å². The van der Waals surface area contributed by atoms with E-state index in [2.05, 4.69) is 0 Å². The molecule has 0 aromatic heterocycles. The van der Waals surface area contributed by atoms with Crippen molar-refractivity contribution in [2.45, 2.75) is 26.7 Å². The van der Waals surface area contributed by atoms with E-state index in [1.54, 1.807) is 12.2 Å². The van der Waals surface area contributed by atoms with Crippen molar-refractivity contribution >= 4 is 12.6 Å². The largest absolute Gasteiger partial charge is 0.302 e. The van der Waals surface area contributed by atoms with Gasteiger partial charge in [-0.05, 0) is 12.8 Å². The Labute approximate surface area is 79.3 Å². The molecular formula is C11H16O2. The van der Waals surface area contributed by atoms with Crippen molar-refractivity contribution in [1.29, 1.82) is 0 Å². The van der Waals surface area contributed by atoms with Crippen molar-refractivity contribution in [3.8, 4) is 0 Å². The third kappa shape index (κ3) is 3.83. The Kier molecular flexibility index (Phi) is 5.77. The summed E-state index contributed by atoms with van der Waals surface area (Å²) in [4.78, 5) is 21.5. The van der Waals surface area contributed by atoms with Crippen LogP contribution in [0.4, 0.5) is 0 Å². The Morgan fingerprint density at radius 2 is 1.31 bits per heavy atom. The monoisotopic (exact) mass is 180 g/mol. The molecule has 13 heavy (non-hydrogen) atoms. The molecule has 72 valence electrons. The van der Waals surface area contributed by atoms with E-state index in [1.165, 1.54) is 0 Å². The van der Waals surface area contributed by atoms with E-state index >= 15 is 0 Å². The molecule has 0 bridgehead atoms. The second-order valence-electron chi connectivity index (χ2n) is 2.86. The quantitative estimate of drug-likeness (QED) is 0.357. The lowest BCUT2D eigenvalue weighted by molar-refractivity contribution is -0.121. The molecule has 0 spiro atoms. The summed E-state index contributed by atoms with van der Waals surface area (Å²) < 4.78 is 0. The average molecular weight is 180 g/mol. The van der Waals surface area contributed by atoms with Gasteiger partial charge in [-0.1, -0.05) is 38.2 Å². The van der Waals surface area contributed by atoms with Crippen LogP contribution < -0.4 is 0 Å². The summed E-state index contributed by atoms with van der Waals surface area (Å²) >= 11 is 0. The smallest absolute Gasteiger partial charge is 0.140 e. The van der Waals surface area contributed by atoms with E-state index in [4.69, 9.17) is 0 Å². The van der Waals surface area contributed by atoms with Crippen LogP contribution in [0.3, 0.4) is 0 Å². The molecular weight excluding hydrogens is 164 g/mol. The fourth-order valence-corrected chi connectivity index (χ4v) is 0.884. The maximum atomic E-state index is 10.7. The zero-order valence-corrected chi connectivity index (χ0v) is 8.19. The van der Waals surface area contributed by atoms with Crippen molar-refractivity contribution in [3.63, 3.8) is 0 Å². The molecule has 0 unspecified atom stereocenters. The fraction of sp³-hybridized carbons (Fsp3) is 0.455. The number of hydrogen-bond acceptors (Lipinski definition) is 2. The maximum Gasteiger partial charge on any atom is 0.140 e. The van der Waals surface area contributed by atoms with Gasteiger partial charge in [-0.3, -0.25) is 0 Å². The summed E-state index contributed by atoms with van der Waals surface area (Å²) in [5.74, 6) is 0. The van der Waals surface area contributed by atoms with Crippen LogP contribution in [0.15, 0.2) is 24.3 Å². The van der Waals surface area contributed by atoms with Crippen LogP contribution in [-0.2, 0) is 9.59 Å². The van der Waals surface area contributed by atoms with E-state index in [1.807, 2.05) is 26.0 Å². The summed E-state index contributed by atoms with van der Waals surface area (Å²) in [6.07, 6.45) is 9.90. The van der Waals surface area contributed by atoms with Gasteiger partial charge >= 0.3 is 0 Å². The van der Waals surface area contributed by atoms with Crippen molar-refractivity contribution in [1.82, 2.24) is 0 Å². The Balaban J connectivity index is 4.68. The highest BCUT2D eigenvalue weighted by atomic mass is 16.1. The lowest BCUT2D eigenvalue weighted by Crippen LogP contribution is -2.18. The van der Waals surface area contributed by atoms with E-state index in [9.17, 15) is 9.59 Å². The lowest BCUT2D eigenvalue weighted by Gasteiger charge is -2.10. The minimum atomic E-state index is -1.04. The van der Waals surface area contributed by atoms with Gasteiger partial charge in [0.15, 0.2) is 0 Å². The molecule has 0 saturated heterocycles. The molecule has 2 heteroatoms. The molecule has 0 rings (SSSR count). The van der Waals surface area contributed by atoms with Gasteiger partial charge in [0.25, 0.3) is 0 Å². The summed E-state index contributed by atoms with van der Waals surface area (Å²) in [7, 11) is 0. The number of aldehydes is 2. The SMILES string of the molecule is CCC=CC(C=O)(C=O)C=CCC. The van der Waals surface area contributed by atoms with E-state index in [0.717, 1.165) is 12.8 Å².